The molecule has 0 unspecified atom stereocenters. The van der Waals surface area contributed by atoms with Crippen molar-refractivity contribution in [1.29, 1.82) is 0 Å². The summed E-state index contributed by atoms with van der Waals surface area (Å²) in [6.45, 7) is 0. The Kier molecular flexibility index (Phi) is 3.51. The van der Waals surface area contributed by atoms with Crippen molar-refractivity contribution in [2.75, 3.05) is 7.11 Å². The third-order valence-electron chi connectivity index (χ3n) is 3.24. The summed E-state index contributed by atoms with van der Waals surface area (Å²) in [7, 11) is 1.21. The van der Waals surface area contributed by atoms with Gasteiger partial charge < -0.3 is 4.74 Å². The molecule has 0 spiro atoms. The lowest BCUT2D eigenvalue weighted by Gasteiger charge is -2.09. The van der Waals surface area contributed by atoms with E-state index in [1.807, 2.05) is 0 Å². The van der Waals surface area contributed by atoms with Crippen LogP contribution in [0.5, 0.6) is 0 Å². The third kappa shape index (κ3) is 2.63. The van der Waals surface area contributed by atoms with Crippen LogP contribution in [0, 0.1) is 0 Å². The topological polar surface area (TPSA) is 56.5 Å². The highest BCUT2D eigenvalue weighted by atomic mass is 19.4. The maximum absolute atomic E-state index is 13.1. The highest BCUT2D eigenvalue weighted by Gasteiger charge is 2.34. The largest absolute Gasteiger partial charge is 0.465 e. The van der Waals surface area contributed by atoms with Gasteiger partial charge in [-0.05, 0) is 18.2 Å². The molecule has 2 heterocycles. The molecule has 0 aliphatic carbocycles. The van der Waals surface area contributed by atoms with Gasteiger partial charge in [-0.1, -0.05) is 18.2 Å². The third-order valence-corrected chi connectivity index (χ3v) is 3.24. The maximum Gasteiger partial charge on any atom is 0.417 e. The molecule has 0 aliphatic heterocycles. The van der Waals surface area contributed by atoms with Gasteiger partial charge in [0, 0.05) is 11.8 Å². The van der Waals surface area contributed by atoms with Gasteiger partial charge in [0.25, 0.3) is 0 Å². The fourth-order valence-electron chi connectivity index (χ4n) is 2.21. The molecular formula is C15H10F3N3O2. The first-order valence-electron chi connectivity index (χ1n) is 6.52. The second-order valence-electron chi connectivity index (χ2n) is 4.66. The number of halogens is 3. The summed E-state index contributed by atoms with van der Waals surface area (Å²) in [4.78, 5) is 15.8. The summed E-state index contributed by atoms with van der Waals surface area (Å²) in [6.07, 6.45) is -3.03. The van der Waals surface area contributed by atoms with Gasteiger partial charge in [-0.25, -0.2) is 14.3 Å². The van der Waals surface area contributed by atoms with E-state index in [0.29, 0.717) is 0 Å². The molecule has 5 nitrogen and oxygen atoms in total. The second-order valence-corrected chi connectivity index (χ2v) is 4.66. The smallest absolute Gasteiger partial charge is 0.417 e. The van der Waals surface area contributed by atoms with Gasteiger partial charge in [0.15, 0.2) is 11.5 Å². The number of alkyl halides is 3. The minimum atomic E-state index is -4.53. The summed E-state index contributed by atoms with van der Waals surface area (Å²) >= 11 is 0. The molecule has 2 aromatic heterocycles. The summed E-state index contributed by atoms with van der Waals surface area (Å²) in [5.74, 6) is -0.757. The molecule has 118 valence electrons. The number of nitrogens with zero attached hydrogens (tertiary/aromatic N) is 3. The Morgan fingerprint density at radius 2 is 1.91 bits per heavy atom. The van der Waals surface area contributed by atoms with Crippen molar-refractivity contribution in [3.05, 3.63) is 53.7 Å². The van der Waals surface area contributed by atoms with E-state index in [9.17, 15) is 18.0 Å². The van der Waals surface area contributed by atoms with E-state index < -0.39 is 17.7 Å². The van der Waals surface area contributed by atoms with Crippen LogP contribution in [0.25, 0.3) is 17.0 Å². The van der Waals surface area contributed by atoms with E-state index in [-0.39, 0.29) is 22.6 Å². The van der Waals surface area contributed by atoms with Gasteiger partial charge in [-0.2, -0.15) is 13.2 Å². The van der Waals surface area contributed by atoms with Crippen LogP contribution >= 0.6 is 0 Å². The predicted molar refractivity (Wildman–Crippen MR) is 74.8 cm³/mol. The Morgan fingerprint density at radius 3 is 2.61 bits per heavy atom. The maximum atomic E-state index is 13.1. The van der Waals surface area contributed by atoms with Gasteiger partial charge in [-0.15, -0.1) is 5.10 Å². The van der Waals surface area contributed by atoms with Crippen molar-refractivity contribution in [1.82, 2.24) is 14.6 Å². The Bertz CT molecular complexity index is 887. The van der Waals surface area contributed by atoms with Crippen LogP contribution in [0.2, 0.25) is 0 Å². The van der Waals surface area contributed by atoms with Gasteiger partial charge in [0.05, 0.1) is 12.7 Å². The Labute approximate surface area is 128 Å². The number of benzene rings is 1. The molecule has 8 heteroatoms. The molecular weight excluding hydrogens is 311 g/mol. The second kappa shape index (κ2) is 5.38. The van der Waals surface area contributed by atoms with Crippen LogP contribution in [0.4, 0.5) is 13.2 Å². The molecule has 0 bridgehead atoms. The molecule has 3 aromatic rings. The quantitative estimate of drug-likeness (QED) is 0.680. The first-order chi connectivity index (χ1) is 10.9. The lowest BCUT2D eigenvalue weighted by molar-refractivity contribution is -0.137. The number of hydrogen-bond donors (Lipinski definition) is 0. The lowest BCUT2D eigenvalue weighted by Crippen LogP contribution is -2.07. The number of pyridine rings is 1. The number of rotatable bonds is 2. The number of fused-ring (bicyclic) bond motifs is 1. The molecule has 0 atom stereocenters. The van der Waals surface area contributed by atoms with E-state index in [0.717, 1.165) is 6.07 Å². The number of carbonyl (C=O) groups excluding carboxylic acids is 1. The van der Waals surface area contributed by atoms with Gasteiger partial charge >= 0.3 is 12.1 Å². The Hall–Kier alpha value is -2.90. The number of aromatic nitrogens is 3. The normalized spacial score (nSPS) is 11.7. The van der Waals surface area contributed by atoms with Crippen LogP contribution in [0.1, 0.15) is 15.9 Å². The van der Waals surface area contributed by atoms with E-state index >= 15 is 0 Å². The van der Waals surface area contributed by atoms with Crippen molar-refractivity contribution in [3.63, 3.8) is 0 Å². The summed E-state index contributed by atoms with van der Waals surface area (Å²) in [5, 5.41) is 4.03. The number of hydrogen-bond acceptors (Lipinski definition) is 4. The Balaban J connectivity index is 2.22. The summed E-state index contributed by atoms with van der Waals surface area (Å²) in [6, 6.07) is 8.01. The lowest BCUT2D eigenvalue weighted by atomic mass is 10.1. The van der Waals surface area contributed by atoms with Crippen LogP contribution in [0.3, 0.4) is 0 Å². The minimum Gasteiger partial charge on any atom is -0.465 e. The van der Waals surface area contributed by atoms with Gasteiger partial charge in [0.2, 0.25) is 0 Å². The predicted octanol–water partition coefficient (Wildman–Crippen LogP) is 3.20. The van der Waals surface area contributed by atoms with Crippen LogP contribution in [-0.4, -0.2) is 27.7 Å². The van der Waals surface area contributed by atoms with E-state index in [1.54, 1.807) is 0 Å². The molecule has 0 N–H and O–H groups in total. The highest BCUT2D eigenvalue weighted by Crippen LogP contribution is 2.35. The zero-order chi connectivity index (χ0) is 16.6. The molecule has 0 amide bonds. The van der Waals surface area contributed by atoms with Gasteiger partial charge in [0.1, 0.15) is 5.56 Å². The molecule has 0 radical (unpaired) electrons. The summed E-state index contributed by atoms with van der Waals surface area (Å²) in [5.41, 5.74) is -0.736. The standard InChI is InChI=1S/C15H10F3N3O2/c1-23-14(22)10-6-4-8-21-13(10)19-12(20-21)9-5-2-3-7-11(9)15(16,17)18/h2-8H,1H3. The van der Waals surface area contributed by atoms with Crippen molar-refractivity contribution < 1.29 is 22.7 Å². The minimum absolute atomic E-state index is 0.116. The zero-order valence-corrected chi connectivity index (χ0v) is 11.8. The molecule has 0 saturated heterocycles. The fourth-order valence-corrected chi connectivity index (χ4v) is 2.21. The molecule has 0 fully saturated rings. The van der Waals surface area contributed by atoms with Crippen molar-refractivity contribution in [2.24, 2.45) is 0 Å². The number of esters is 1. The Morgan fingerprint density at radius 1 is 1.17 bits per heavy atom. The average Bonchev–Trinajstić information content (AvgIpc) is 2.97. The first kappa shape index (κ1) is 15.0. The van der Waals surface area contributed by atoms with Crippen molar-refractivity contribution in [2.45, 2.75) is 6.18 Å². The zero-order valence-electron chi connectivity index (χ0n) is 11.8. The molecule has 0 saturated carbocycles. The van der Waals surface area contributed by atoms with Crippen LogP contribution in [0.15, 0.2) is 42.6 Å². The van der Waals surface area contributed by atoms with E-state index in [1.165, 1.54) is 48.2 Å². The van der Waals surface area contributed by atoms with Gasteiger partial charge in [-0.3, -0.25) is 0 Å². The highest BCUT2D eigenvalue weighted by molar-refractivity contribution is 5.95. The monoisotopic (exact) mass is 321 g/mol. The first-order valence-corrected chi connectivity index (χ1v) is 6.52. The number of carbonyl (C=O) groups is 1. The van der Waals surface area contributed by atoms with E-state index in [4.69, 9.17) is 0 Å². The molecule has 23 heavy (non-hydrogen) atoms. The number of ether oxygens (including phenoxy) is 1. The SMILES string of the molecule is COC(=O)c1cccn2nc(-c3ccccc3C(F)(F)F)nc12. The fraction of sp³-hybridized carbons (Fsp3) is 0.133. The summed E-state index contributed by atoms with van der Waals surface area (Å²) < 4.78 is 45.2. The van der Waals surface area contributed by atoms with E-state index in [2.05, 4.69) is 14.8 Å². The number of methoxy groups -OCH3 is 1. The van der Waals surface area contributed by atoms with Crippen molar-refractivity contribution in [3.8, 4) is 11.4 Å². The van der Waals surface area contributed by atoms with Crippen molar-refractivity contribution >= 4 is 11.6 Å². The average molecular weight is 321 g/mol. The molecule has 0 aliphatic rings. The molecule has 3 rings (SSSR count). The van der Waals surface area contributed by atoms with Crippen LogP contribution in [-0.2, 0) is 10.9 Å². The van der Waals surface area contributed by atoms with Crippen LogP contribution < -0.4 is 0 Å². The molecule has 1 aromatic carbocycles.